The predicted octanol–water partition coefficient (Wildman–Crippen LogP) is 1.50. The molecule has 0 unspecified atom stereocenters. The third-order valence-electron chi connectivity index (χ3n) is 3.72. The van der Waals surface area contributed by atoms with Crippen molar-refractivity contribution >= 4 is 11.9 Å². The van der Waals surface area contributed by atoms with Gasteiger partial charge in [0.1, 0.15) is 5.56 Å². The lowest BCUT2D eigenvalue weighted by atomic mass is 10.2. The van der Waals surface area contributed by atoms with Crippen LogP contribution in [0.5, 0.6) is 11.5 Å². The number of amides is 1. The summed E-state index contributed by atoms with van der Waals surface area (Å²) in [6.45, 7) is 4.47. The molecule has 1 aromatic rings. The van der Waals surface area contributed by atoms with Crippen LogP contribution in [0.25, 0.3) is 0 Å². The average Bonchev–Trinajstić information content (AvgIpc) is 2.57. The van der Waals surface area contributed by atoms with E-state index in [1.54, 1.807) is 23.1 Å². The van der Waals surface area contributed by atoms with Crippen molar-refractivity contribution < 1.29 is 28.5 Å². The second-order valence-corrected chi connectivity index (χ2v) is 5.67. The Kier molecular flexibility index (Phi) is 6.03. The quantitative estimate of drug-likeness (QED) is 0.758. The zero-order chi connectivity index (χ0) is 17.7. The molecule has 2 rings (SSSR count). The van der Waals surface area contributed by atoms with E-state index in [0.29, 0.717) is 18.8 Å². The Labute approximate surface area is 141 Å². The van der Waals surface area contributed by atoms with Crippen molar-refractivity contribution in [3.05, 3.63) is 23.8 Å². The molecule has 0 bridgehead atoms. The fourth-order valence-electron chi connectivity index (χ4n) is 2.73. The van der Waals surface area contributed by atoms with E-state index in [9.17, 15) is 9.59 Å². The first-order valence-electron chi connectivity index (χ1n) is 7.77. The largest absolute Gasteiger partial charge is 0.493 e. The molecule has 7 nitrogen and oxygen atoms in total. The van der Waals surface area contributed by atoms with Crippen LogP contribution in [-0.4, -0.2) is 62.9 Å². The van der Waals surface area contributed by atoms with Gasteiger partial charge in [0.25, 0.3) is 5.91 Å². The Morgan fingerprint density at radius 1 is 1.17 bits per heavy atom. The lowest BCUT2D eigenvalue weighted by Crippen LogP contribution is -2.49. The van der Waals surface area contributed by atoms with Gasteiger partial charge in [0.15, 0.2) is 18.1 Å². The van der Waals surface area contributed by atoms with Gasteiger partial charge in [-0.2, -0.15) is 0 Å². The average molecular weight is 337 g/mol. The van der Waals surface area contributed by atoms with Crippen LogP contribution in [0.2, 0.25) is 0 Å². The molecule has 0 saturated carbocycles. The monoisotopic (exact) mass is 337 g/mol. The number of nitrogens with zero attached hydrogens (tertiary/aromatic N) is 1. The van der Waals surface area contributed by atoms with Gasteiger partial charge in [-0.05, 0) is 26.0 Å². The second kappa shape index (κ2) is 8.01. The van der Waals surface area contributed by atoms with Crippen LogP contribution in [-0.2, 0) is 14.3 Å². The number of morpholine rings is 1. The summed E-state index contributed by atoms with van der Waals surface area (Å²) in [5.74, 6) is -0.166. The molecule has 2 atom stereocenters. The van der Waals surface area contributed by atoms with Crippen molar-refractivity contribution in [1.29, 1.82) is 0 Å². The molecule has 0 aliphatic carbocycles. The fraction of sp³-hybridized carbons (Fsp3) is 0.529. The number of hydrogen-bond donors (Lipinski definition) is 0. The minimum atomic E-state index is -0.631. The summed E-state index contributed by atoms with van der Waals surface area (Å²) in [5, 5.41) is 0. The van der Waals surface area contributed by atoms with E-state index in [2.05, 4.69) is 0 Å². The molecule has 1 aromatic carbocycles. The molecule has 1 aliphatic heterocycles. The lowest BCUT2D eigenvalue weighted by Gasteiger charge is -2.35. The summed E-state index contributed by atoms with van der Waals surface area (Å²) >= 11 is 0. The van der Waals surface area contributed by atoms with Crippen LogP contribution in [0.3, 0.4) is 0 Å². The van der Waals surface area contributed by atoms with Gasteiger partial charge in [0, 0.05) is 13.1 Å². The first-order valence-corrected chi connectivity index (χ1v) is 7.77. The number of methoxy groups -OCH3 is 2. The van der Waals surface area contributed by atoms with Gasteiger partial charge >= 0.3 is 5.97 Å². The van der Waals surface area contributed by atoms with E-state index >= 15 is 0 Å². The topological polar surface area (TPSA) is 74.3 Å². The maximum atomic E-state index is 12.3. The van der Waals surface area contributed by atoms with E-state index < -0.39 is 5.97 Å². The van der Waals surface area contributed by atoms with E-state index in [1.165, 1.54) is 14.2 Å². The van der Waals surface area contributed by atoms with Crippen LogP contribution in [0.4, 0.5) is 0 Å². The number of carbonyl (C=O) groups excluding carboxylic acids is 2. The fourth-order valence-corrected chi connectivity index (χ4v) is 2.73. The van der Waals surface area contributed by atoms with Crippen LogP contribution in [0, 0.1) is 0 Å². The minimum Gasteiger partial charge on any atom is -0.493 e. The molecule has 0 N–H and O–H groups in total. The number of benzene rings is 1. The zero-order valence-corrected chi connectivity index (χ0v) is 14.4. The molecular weight excluding hydrogens is 314 g/mol. The molecule has 1 saturated heterocycles. The summed E-state index contributed by atoms with van der Waals surface area (Å²) in [7, 11) is 2.92. The van der Waals surface area contributed by atoms with Crippen LogP contribution in [0.1, 0.15) is 24.2 Å². The maximum absolute atomic E-state index is 12.3. The standard InChI is InChI=1S/C17H23NO6/c1-11-8-18(9-12(2)24-11)15(19)10-23-17(20)13-6-5-7-14(21-3)16(13)22-4/h5-7,11-12H,8-10H2,1-4H3/t11-,12+. The van der Waals surface area contributed by atoms with Gasteiger partial charge in [-0.15, -0.1) is 0 Å². The lowest BCUT2D eigenvalue weighted by molar-refractivity contribution is -0.146. The highest BCUT2D eigenvalue weighted by atomic mass is 16.5. The maximum Gasteiger partial charge on any atom is 0.342 e. The van der Waals surface area contributed by atoms with Gasteiger partial charge in [-0.3, -0.25) is 4.79 Å². The van der Waals surface area contributed by atoms with Gasteiger partial charge in [-0.25, -0.2) is 4.79 Å². The molecule has 0 aromatic heterocycles. The van der Waals surface area contributed by atoms with Crippen molar-refractivity contribution in [3.8, 4) is 11.5 Å². The number of esters is 1. The van der Waals surface area contributed by atoms with E-state index in [4.69, 9.17) is 18.9 Å². The third kappa shape index (κ3) is 4.17. The molecule has 132 valence electrons. The molecule has 0 radical (unpaired) electrons. The minimum absolute atomic E-state index is 0.0353. The number of para-hydroxylation sites is 1. The van der Waals surface area contributed by atoms with Crippen molar-refractivity contribution in [2.24, 2.45) is 0 Å². The zero-order valence-electron chi connectivity index (χ0n) is 14.4. The number of carbonyl (C=O) groups is 2. The Morgan fingerprint density at radius 3 is 2.42 bits per heavy atom. The molecule has 1 aliphatic rings. The Balaban J connectivity index is 1.99. The Morgan fingerprint density at radius 2 is 1.83 bits per heavy atom. The molecule has 24 heavy (non-hydrogen) atoms. The van der Waals surface area contributed by atoms with Crippen LogP contribution < -0.4 is 9.47 Å². The number of rotatable bonds is 5. The number of hydrogen-bond acceptors (Lipinski definition) is 6. The highest BCUT2D eigenvalue weighted by Gasteiger charge is 2.27. The van der Waals surface area contributed by atoms with Crippen LogP contribution in [0.15, 0.2) is 18.2 Å². The smallest absolute Gasteiger partial charge is 0.342 e. The highest BCUT2D eigenvalue weighted by molar-refractivity contribution is 5.95. The highest BCUT2D eigenvalue weighted by Crippen LogP contribution is 2.31. The normalized spacial score (nSPS) is 20.4. The van der Waals surface area contributed by atoms with E-state index in [-0.39, 0.29) is 36.0 Å². The predicted molar refractivity (Wildman–Crippen MR) is 86.4 cm³/mol. The van der Waals surface area contributed by atoms with Crippen LogP contribution >= 0.6 is 0 Å². The molecule has 7 heteroatoms. The van der Waals surface area contributed by atoms with E-state index in [0.717, 1.165) is 0 Å². The first-order chi connectivity index (χ1) is 11.5. The van der Waals surface area contributed by atoms with Crippen molar-refractivity contribution in [2.45, 2.75) is 26.1 Å². The third-order valence-corrected chi connectivity index (χ3v) is 3.72. The van der Waals surface area contributed by atoms with Gasteiger partial charge < -0.3 is 23.8 Å². The van der Waals surface area contributed by atoms with Gasteiger partial charge in [-0.1, -0.05) is 6.07 Å². The van der Waals surface area contributed by atoms with Gasteiger partial charge in [0.2, 0.25) is 0 Å². The van der Waals surface area contributed by atoms with Crippen molar-refractivity contribution in [2.75, 3.05) is 33.9 Å². The van der Waals surface area contributed by atoms with Crippen molar-refractivity contribution in [1.82, 2.24) is 4.90 Å². The summed E-state index contributed by atoms with van der Waals surface area (Å²) < 4.78 is 21.1. The molecule has 1 fully saturated rings. The summed E-state index contributed by atoms with van der Waals surface area (Å²) in [6, 6.07) is 4.90. The second-order valence-electron chi connectivity index (χ2n) is 5.67. The van der Waals surface area contributed by atoms with E-state index in [1.807, 2.05) is 13.8 Å². The molecular formula is C17H23NO6. The molecule has 0 spiro atoms. The molecule has 1 heterocycles. The SMILES string of the molecule is COc1cccc(C(=O)OCC(=O)N2C[C@@H](C)O[C@@H](C)C2)c1OC. The summed E-state index contributed by atoms with van der Waals surface area (Å²) in [6.07, 6.45) is -0.0706. The Bertz CT molecular complexity index is 593. The van der Waals surface area contributed by atoms with Crippen molar-refractivity contribution in [3.63, 3.8) is 0 Å². The molecule has 1 amide bonds. The number of ether oxygens (including phenoxy) is 4. The summed E-state index contributed by atoms with van der Waals surface area (Å²) in [5.41, 5.74) is 0.216. The summed E-state index contributed by atoms with van der Waals surface area (Å²) in [4.78, 5) is 26.1. The van der Waals surface area contributed by atoms with Gasteiger partial charge in [0.05, 0.1) is 26.4 Å². The first kappa shape index (κ1) is 18.1. The Hall–Kier alpha value is -2.28.